The van der Waals surface area contributed by atoms with Crippen molar-refractivity contribution in [1.29, 1.82) is 0 Å². The van der Waals surface area contributed by atoms with E-state index < -0.39 is 0 Å². The molecule has 4 heteroatoms. The summed E-state index contributed by atoms with van der Waals surface area (Å²) in [5.74, 6) is 0.909. The third kappa shape index (κ3) is 12.9. The maximum atomic E-state index is 12.2. The molecule has 1 unspecified atom stereocenters. The molecule has 0 aromatic carbocycles. The second-order valence-corrected chi connectivity index (χ2v) is 9.15. The molecule has 0 saturated heterocycles. The van der Waals surface area contributed by atoms with Crippen molar-refractivity contribution >= 4 is 5.91 Å². The third-order valence-electron chi connectivity index (χ3n) is 5.89. The van der Waals surface area contributed by atoms with Gasteiger partial charge in [0.05, 0.1) is 0 Å². The Morgan fingerprint density at radius 3 is 1.93 bits per heavy atom. The minimum Gasteiger partial charge on any atom is -0.618 e. The zero-order valence-corrected chi connectivity index (χ0v) is 19.8. The molecule has 0 spiro atoms. The fourth-order valence-corrected chi connectivity index (χ4v) is 3.97. The molecular formula is C26H46N2O2. The van der Waals surface area contributed by atoms with Gasteiger partial charge in [-0.3, -0.25) is 4.79 Å². The van der Waals surface area contributed by atoms with Crippen LogP contribution in [-0.4, -0.2) is 5.91 Å². The van der Waals surface area contributed by atoms with Gasteiger partial charge in [-0.25, -0.2) is 0 Å². The summed E-state index contributed by atoms with van der Waals surface area (Å²) >= 11 is 0. The van der Waals surface area contributed by atoms with Crippen LogP contribution in [0.25, 0.3) is 0 Å². The van der Waals surface area contributed by atoms with Crippen LogP contribution in [0.4, 0.5) is 0 Å². The number of hydrogen-bond donors (Lipinski definition) is 1. The van der Waals surface area contributed by atoms with Crippen LogP contribution in [-0.2, 0) is 4.79 Å². The van der Waals surface area contributed by atoms with Crippen LogP contribution in [0.5, 0.6) is 0 Å². The molecule has 0 bridgehead atoms. The van der Waals surface area contributed by atoms with E-state index in [0.717, 1.165) is 29.9 Å². The van der Waals surface area contributed by atoms with E-state index in [2.05, 4.69) is 19.2 Å². The Kier molecular flexibility index (Phi) is 15.1. The molecule has 1 aromatic heterocycles. The summed E-state index contributed by atoms with van der Waals surface area (Å²) in [6, 6.07) is 5.13. The van der Waals surface area contributed by atoms with Gasteiger partial charge >= 0.3 is 0 Å². The fraction of sp³-hybridized carbons (Fsp3) is 0.769. The highest BCUT2D eigenvalue weighted by Crippen LogP contribution is 2.15. The van der Waals surface area contributed by atoms with Crippen molar-refractivity contribution in [3.8, 4) is 0 Å². The summed E-state index contributed by atoms with van der Waals surface area (Å²) in [5, 5.41) is 14.9. The zero-order valence-electron chi connectivity index (χ0n) is 19.8. The minimum absolute atomic E-state index is 0.0547. The van der Waals surface area contributed by atoms with E-state index in [-0.39, 0.29) is 11.9 Å². The quantitative estimate of drug-likeness (QED) is 0.158. The number of aromatic nitrogens is 1. The maximum absolute atomic E-state index is 12.2. The standard InChI is InChI=1S/C26H46N2O2/c1-4-24(25-20-17-18-22-28(25)30)27-26(29)21-16-14-12-10-8-6-5-7-9-11-13-15-19-23(2)3/h17-18,20,22-24H,4-16,19,21H2,1-3H3,(H,27,29). The molecule has 1 atom stereocenters. The average Bonchev–Trinajstić information content (AvgIpc) is 2.72. The number of carbonyl (C=O) groups excluding carboxylic acids is 1. The first-order valence-corrected chi connectivity index (χ1v) is 12.5. The van der Waals surface area contributed by atoms with Gasteiger partial charge in [0, 0.05) is 18.6 Å². The first kappa shape index (κ1) is 26.5. The van der Waals surface area contributed by atoms with Crippen LogP contribution in [0, 0.1) is 11.1 Å². The van der Waals surface area contributed by atoms with Crippen LogP contribution < -0.4 is 10.0 Å². The molecule has 0 aliphatic rings. The average molecular weight is 419 g/mol. The van der Waals surface area contributed by atoms with Gasteiger partial charge < -0.3 is 10.5 Å². The lowest BCUT2D eigenvalue weighted by molar-refractivity contribution is -0.616. The van der Waals surface area contributed by atoms with Gasteiger partial charge in [-0.1, -0.05) is 97.8 Å². The summed E-state index contributed by atoms with van der Waals surface area (Å²) in [6.07, 6.45) is 19.8. The molecule has 0 saturated carbocycles. The van der Waals surface area contributed by atoms with Gasteiger partial charge in [-0.05, 0) is 24.8 Å². The van der Waals surface area contributed by atoms with E-state index in [1.165, 1.54) is 76.8 Å². The van der Waals surface area contributed by atoms with Gasteiger partial charge in [0.2, 0.25) is 11.6 Å². The summed E-state index contributed by atoms with van der Waals surface area (Å²) in [4.78, 5) is 12.2. The lowest BCUT2D eigenvalue weighted by Gasteiger charge is -2.16. The lowest BCUT2D eigenvalue weighted by Crippen LogP contribution is -2.39. The van der Waals surface area contributed by atoms with Gasteiger partial charge in [0.25, 0.3) is 0 Å². The number of amides is 1. The number of carbonyl (C=O) groups is 1. The first-order chi connectivity index (χ1) is 14.5. The van der Waals surface area contributed by atoms with E-state index in [0.29, 0.717) is 12.1 Å². The third-order valence-corrected chi connectivity index (χ3v) is 5.89. The molecular weight excluding hydrogens is 372 g/mol. The molecule has 0 radical (unpaired) electrons. The molecule has 1 amide bonds. The highest BCUT2D eigenvalue weighted by atomic mass is 16.5. The summed E-state index contributed by atoms with van der Waals surface area (Å²) in [7, 11) is 0. The van der Waals surface area contributed by atoms with Gasteiger partial charge in [0.1, 0.15) is 6.04 Å². The van der Waals surface area contributed by atoms with E-state index in [1.807, 2.05) is 13.0 Å². The van der Waals surface area contributed by atoms with Crippen molar-refractivity contribution < 1.29 is 9.52 Å². The lowest BCUT2D eigenvalue weighted by atomic mass is 10.0. The zero-order chi connectivity index (χ0) is 22.0. The van der Waals surface area contributed by atoms with Crippen LogP contribution in [0.3, 0.4) is 0 Å². The van der Waals surface area contributed by atoms with Crippen LogP contribution in [0.15, 0.2) is 24.4 Å². The molecule has 1 N–H and O–H groups in total. The molecule has 30 heavy (non-hydrogen) atoms. The number of nitrogens with one attached hydrogen (secondary N) is 1. The van der Waals surface area contributed by atoms with E-state index in [1.54, 1.807) is 12.1 Å². The van der Waals surface area contributed by atoms with Gasteiger partial charge in [-0.15, -0.1) is 0 Å². The van der Waals surface area contributed by atoms with Crippen LogP contribution >= 0.6 is 0 Å². The summed E-state index contributed by atoms with van der Waals surface area (Å²) in [5.41, 5.74) is 0.615. The fourth-order valence-electron chi connectivity index (χ4n) is 3.97. The number of pyridine rings is 1. The number of hydrogen-bond acceptors (Lipinski definition) is 2. The summed E-state index contributed by atoms with van der Waals surface area (Å²) < 4.78 is 0.849. The van der Waals surface area contributed by atoms with Crippen molar-refractivity contribution in [2.45, 2.75) is 123 Å². The van der Waals surface area contributed by atoms with Crippen molar-refractivity contribution in [3.05, 3.63) is 35.3 Å². The Morgan fingerprint density at radius 1 is 0.900 bits per heavy atom. The molecule has 0 aliphatic carbocycles. The number of unbranched alkanes of at least 4 members (excludes halogenated alkanes) is 11. The van der Waals surface area contributed by atoms with Crippen molar-refractivity contribution in [1.82, 2.24) is 5.32 Å². The SMILES string of the molecule is CCC(NC(=O)CCCCCCCCCCCCCCC(C)C)c1cccc[n+]1[O-]. The molecule has 4 nitrogen and oxygen atoms in total. The van der Waals surface area contributed by atoms with Crippen LogP contribution in [0.1, 0.15) is 129 Å². The summed E-state index contributed by atoms with van der Waals surface area (Å²) in [6.45, 7) is 6.61. The Balaban J connectivity index is 1.95. The van der Waals surface area contributed by atoms with Gasteiger partial charge in [-0.2, -0.15) is 4.73 Å². The Bertz CT molecular complexity index is 560. The Morgan fingerprint density at radius 2 is 1.43 bits per heavy atom. The molecule has 1 rings (SSSR count). The minimum atomic E-state index is -0.202. The predicted octanol–water partition coefficient (Wildman–Crippen LogP) is 7.00. The molecule has 1 heterocycles. The topological polar surface area (TPSA) is 56.0 Å². The molecule has 0 aliphatic heterocycles. The second kappa shape index (κ2) is 17.1. The van der Waals surface area contributed by atoms with Crippen LogP contribution in [0.2, 0.25) is 0 Å². The van der Waals surface area contributed by atoms with Crippen molar-refractivity contribution in [2.75, 3.05) is 0 Å². The van der Waals surface area contributed by atoms with E-state index in [4.69, 9.17) is 0 Å². The monoisotopic (exact) mass is 418 g/mol. The predicted molar refractivity (Wildman–Crippen MR) is 126 cm³/mol. The number of rotatable bonds is 18. The van der Waals surface area contributed by atoms with Crippen molar-refractivity contribution in [3.63, 3.8) is 0 Å². The second-order valence-electron chi connectivity index (χ2n) is 9.15. The Hall–Kier alpha value is -1.58. The normalized spacial score (nSPS) is 12.3. The van der Waals surface area contributed by atoms with E-state index >= 15 is 0 Å². The number of nitrogens with zero attached hydrogens (tertiary/aromatic N) is 1. The van der Waals surface area contributed by atoms with Crippen molar-refractivity contribution in [2.24, 2.45) is 5.92 Å². The molecule has 0 fully saturated rings. The largest absolute Gasteiger partial charge is 0.618 e. The maximum Gasteiger partial charge on any atom is 0.220 e. The van der Waals surface area contributed by atoms with E-state index in [9.17, 15) is 10.0 Å². The Labute approximate surface area is 185 Å². The highest BCUT2D eigenvalue weighted by molar-refractivity contribution is 5.76. The highest BCUT2D eigenvalue weighted by Gasteiger charge is 2.19. The molecule has 1 aromatic rings. The molecule has 172 valence electrons. The first-order valence-electron chi connectivity index (χ1n) is 12.5. The van der Waals surface area contributed by atoms with Gasteiger partial charge in [0.15, 0.2) is 6.20 Å². The smallest absolute Gasteiger partial charge is 0.220 e.